The maximum Gasteiger partial charge on any atom is 0.295 e. The molecule has 0 fully saturated rings. The average Bonchev–Trinajstić information content (AvgIpc) is 2.81. The lowest BCUT2D eigenvalue weighted by Crippen LogP contribution is -2.02. The third-order valence-corrected chi connectivity index (χ3v) is 7.85. The Labute approximate surface area is 209 Å². The van der Waals surface area contributed by atoms with Gasteiger partial charge in [-0.2, -0.15) is 8.42 Å². The van der Waals surface area contributed by atoms with Gasteiger partial charge in [0.15, 0.2) is 0 Å². The molecule has 0 saturated heterocycles. The normalized spacial score (nSPS) is 12.0. The zero-order chi connectivity index (χ0) is 24.7. The quantitative estimate of drug-likeness (QED) is 0.158. The van der Waals surface area contributed by atoms with Gasteiger partial charge in [-0.25, -0.2) is 0 Å². The molecule has 0 unspecified atom stereocenters. The van der Waals surface area contributed by atoms with E-state index in [9.17, 15) is 13.0 Å². The van der Waals surface area contributed by atoms with Crippen molar-refractivity contribution in [1.29, 1.82) is 0 Å². The Morgan fingerprint density at radius 1 is 0.588 bits per heavy atom. The van der Waals surface area contributed by atoms with E-state index in [1.807, 2.05) is 12.1 Å². The summed E-state index contributed by atoms with van der Waals surface area (Å²) in [6, 6.07) is 9.92. The summed E-state index contributed by atoms with van der Waals surface area (Å²) in [5.74, 6) is 0. The SMILES string of the molecule is CCCCCCCCCCc1cc(S(=O)(=O)O)c2cc(CCCCCCCCCC)ccc2c1. The predicted molar refractivity (Wildman–Crippen MR) is 146 cm³/mol. The van der Waals surface area contributed by atoms with Crippen molar-refractivity contribution in [3.8, 4) is 0 Å². The summed E-state index contributed by atoms with van der Waals surface area (Å²) in [5, 5.41) is 1.56. The van der Waals surface area contributed by atoms with E-state index in [2.05, 4.69) is 26.0 Å². The minimum atomic E-state index is -4.26. The van der Waals surface area contributed by atoms with E-state index < -0.39 is 10.1 Å². The van der Waals surface area contributed by atoms with Crippen LogP contribution >= 0.6 is 0 Å². The number of benzene rings is 2. The minimum Gasteiger partial charge on any atom is -0.282 e. The number of hydrogen-bond donors (Lipinski definition) is 1. The van der Waals surface area contributed by atoms with Gasteiger partial charge in [0.05, 0.1) is 0 Å². The molecule has 2 aromatic rings. The van der Waals surface area contributed by atoms with Crippen molar-refractivity contribution >= 4 is 20.9 Å². The Bertz CT molecular complexity index is 933. The first-order valence-corrected chi connectivity index (χ1v) is 15.4. The standard InChI is InChI=1S/C30H48O3S/c1-3-5-7-9-11-13-15-17-19-26-21-22-28-23-27(20-18-16-14-12-10-8-6-4-2)25-30(29(28)24-26)34(31,32)33/h21-25H,3-20H2,1-2H3,(H,31,32,33). The smallest absolute Gasteiger partial charge is 0.282 e. The lowest BCUT2D eigenvalue weighted by molar-refractivity contribution is 0.484. The van der Waals surface area contributed by atoms with Gasteiger partial charge in [0.25, 0.3) is 10.1 Å². The highest BCUT2D eigenvalue weighted by Crippen LogP contribution is 2.28. The van der Waals surface area contributed by atoms with Gasteiger partial charge >= 0.3 is 0 Å². The summed E-state index contributed by atoms with van der Waals surface area (Å²) in [6.45, 7) is 4.48. The molecular formula is C30H48O3S. The van der Waals surface area contributed by atoms with Crippen LogP contribution in [-0.4, -0.2) is 13.0 Å². The topological polar surface area (TPSA) is 54.4 Å². The molecule has 0 saturated carbocycles. The van der Waals surface area contributed by atoms with E-state index in [0.717, 1.165) is 42.2 Å². The van der Waals surface area contributed by atoms with Crippen molar-refractivity contribution in [2.45, 2.75) is 134 Å². The van der Waals surface area contributed by atoms with Crippen molar-refractivity contribution in [2.75, 3.05) is 0 Å². The molecule has 0 spiro atoms. The molecular weight excluding hydrogens is 440 g/mol. The highest BCUT2D eigenvalue weighted by atomic mass is 32.2. The Morgan fingerprint density at radius 3 is 1.56 bits per heavy atom. The van der Waals surface area contributed by atoms with E-state index in [4.69, 9.17) is 0 Å². The highest BCUT2D eigenvalue weighted by Gasteiger charge is 2.16. The summed E-state index contributed by atoms with van der Waals surface area (Å²) < 4.78 is 34.3. The van der Waals surface area contributed by atoms with Gasteiger partial charge in [-0.3, -0.25) is 4.55 Å². The maximum absolute atomic E-state index is 12.2. The second kappa shape index (κ2) is 16.3. The molecule has 192 valence electrons. The van der Waals surface area contributed by atoms with E-state index in [-0.39, 0.29) is 4.90 Å². The van der Waals surface area contributed by atoms with Crippen LogP contribution in [0.15, 0.2) is 35.2 Å². The number of hydrogen-bond acceptors (Lipinski definition) is 2. The monoisotopic (exact) mass is 488 g/mol. The molecule has 34 heavy (non-hydrogen) atoms. The third kappa shape index (κ3) is 10.9. The first kappa shape index (κ1) is 28.8. The van der Waals surface area contributed by atoms with Gasteiger partial charge in [-0.15, -0.1) is 0 Å². The van der Waals surface area contributed by atoms with Crippen LogP contribution in [0.25, 0.3) is 10.8 Å². The van der Waals surface area contributed by atoms with Crippen molar-refractivity contribution in [3.05, 3.63) is 41.5 Å². The minimum absolute atomic E-state index is 0.0670. The highest BCUT2D eigenvalue weighted by molar-refractivity contribution is 7.86. The van der Waals surface area contributed by atoms with E-state index in [0.29, 0.717) is 5.39 Å². The molecule has 0 radical (unpaired) electrons. The Hall–Kier alpha value is -1.39. The number of unbranched alkanes of at least 4 members (excludes halogenated alkanes) is 14. The molecule has 2 rings (SSSR count). The summed E-state index contributed by atoms with van der Waals surface area (Å²) in [7, 11) is -4.26. The molecule has 2 aromatic carbocycles. The number of rotatable bonds is 19. The molecule has 0 aliphatic heterocycles. The lowest BCUT2D eigenvalue weighted by Gasteiger charge is -2.11. The van der Waals surface area contributed by atoms with Gasteiger partial charge in [-0.05, 0) is 54.3 Å². The summed E-state index contributed by atoms with van der Waals surface area (Å²) in [5.41, 5.74) is 2.15. The van der Waals surface area contributed by atoms with Crippen LogP contribution in [0, 0.1) is 0 Å². The summed E-state index contributed by atoms with van der Waals surface area (Å²) >= 11 is 0. The van der Waals surface area contributed by atoms with Crippen LogP contribution in [0.1, 0.15) is 128 Å². The van der Waals surface area contributed by atoms with Crippen molar-refractivity contribution in [1.82, 2.24) is 0 Å². The van der Waals surface area contributed by atoms with Crippen LogP contribution < -0.4 is 0 Å². The number of fused-ring (bicyclic) bond motifs is 1. The Balaban J connectivity index is 1.92. The Kier molecular flexibility index (Phi) is 13.8. The second-order valence-corrected chi connectivity index (χ2v) is 11.5. The third-order valence-electron chi connectivity index (χ3n) is 6.96. The molecule has 4 heteroatoms. The zero-order valence-corrected chi connectivity index (χ0v) is 22.6. The van der Waals surface area contributed by atoms with Crippen molar-refractivity contribution in [2.24, 2.45) is 0 Å². The maximum atomic E-state index is 12.2. The van der Waals surface area contributed by atoms with E-state index in [1.54, 1.807) is 6.07 Å². The molecule has 0 bridgehead atoms. The fourth-order valence-corrected chi connectivity index (χ4v) is 5.62. The first-order valence-electron chi connectivity index (χ1n) is 14.0. The zero-order valence-electron chi connectivity index (χ0n) is 21.8. The van der Waals surface area contributed by atoms with Crippen molar-refractivity contribution < 1.29 is 13.0 Å². The van der Waals surface area contributed by atoms with Crippen LogP contribution in [0.5, 0.6) is 0 Å². The van der Waals surface area contributed by atoms with Crippen molar-refractivity contribution in [3.63, 3.8) is 0 Å². The summed E-state index contributed by atoms with van der Waals surface area (Å²) in [4.78, 5) is 0.0670. The van der Waals surface area contributed by atoms with Crippen LogP contribution in [0.3, 0.4) is 0 Å². The molecule has 0 amide bonds. The van der Waals surface area contributed by atoms with Crippen LogP contribution in [0.4, 0.5) is 0 Å². The predicted octanol–water partition coefficient (Wildman–Crippen LogP) is 9.45. The molecule has 0 aliphatic carbocycles. The molecule has 0 aromatic heterocycles. The van der Waals surface area contributed by atoms with Gasteiger partial charge in [0, 0.05) is 5.39 Å². The van der Waals surface area contributed by atoms with Gasteiger partial charge in [0.1, 0.15) is 4.90 Å². The molecule has 0 aliphatic rings. The van der Waals surface area contributed by atoms with Gasteiger partial charge in [0.2, 0.25) is 0 Å². The van der Waals surface area contributed by atoms with E-state index in [1.165, 1.54) is 89.9 Å². The first-order chi connectivity index (χ1) is 16.5. The second-order valence-electron chi connectivity index (χ2n) is 10.1. The average molecular weight is 489 g/mol. The molecule has 1 N–H and O–H groups in total. The fraction of sp³-hybridized carbons (Fsp3) is 0.667. The molecule has 3 nitrogen and oxygen atoms in total. The fourth-order valence-electron chi connectivity index (χ4n) is 4.87. The van der Waals surface area contributed by atoms with Gasteiger partial charge < -0.3 is 0 Å². The lowest BCUT2D eigenvalue weighted by atomic mass is 9.98. The van der Waals surface area contributed by atoms with E-state index >= 15 is 0 Å². The summed E-state index contributed by atoms with van der Waals surface area (Å²) in [6.07, 6.45) is 22.1. The largest absolute Gasteiger partial charge is 0.295 e. The number of aryl methyl sites for hydroxylation is 2. The van der Waals surface area contributed by atoms with Crippen LogP contribution in [-0.2, 0) is 23.0 Å². The Morgan fingerprint density at radius 2 is 1.06 bits per heavy atom. The molecule has 0 atom stereocenters. The molecule has 0 heterocycles. The van der Waals surface area contributed by atoms with Gasteiger partial charge in [-0.1, -0.05) is 122 Å². The van der Waals surface area contributed by atoms with Crippen LogP contribution in [0.2, 0.25) is 0 Å².